The second-order valence-corrected chi connectivity index (χ2v) is 18.9. The summed E-state index contributed by atoms with van der Waals surface area (Å²) in [5.74, 6) is -2.81. The van der Waals surface area contributed by atoms with Gasteiger partial charge in [0, 0.05) is 95.5 Å². The standard InChI is InChI=1S/C48H75FN8O10S.C3H5O.CH3B.CH2O2.U/c1-5-8-11-25-55(30-31-56(36-45(60)61)29-28-54(7-3)24-6-2)35-44(59)50-23-10-9-20-42(53-43(58)22-21-38-16-15-19-41(33-38)67-68(49,65)66)47(63)51-34-39-17-14-18-40(32-39)46(62)52-37(4)48(64)57-26-12-13-27-57;1-2-3-4;1-2;2-1-3;/h14-19,32-33,37,42H,5-13,20-31,34-36H2,1-4H3,(H,50,59)(H,51,63)(H,52,62)(H,53,58)(H,60,61);2H2,1H3;1H3;1H,(H,2,3);/q;-1;;;. The van der Waals surface area contributed by atoms with Crippen molar-refractivity contribution >= 4 is 66.6 Å². The van der Waals surface area contributed by atoms with Crippen LogP contribution in [0.1, 0.15) is 127 Å². The largest absolute Gasteiger partial charge is 0.542 e. The number of benzene rings is 2. The number of likely N-dealkylation sites (N-methyl/N-ethyl adjacent to an activating group) is 1. The number of aryl methyl sites for hydroxylation is 1. The molecule has 2 unspecified atom stereocenters. The number of amides is 5. The second-order valence-electron chi connectivity index (χ2n) is 17.9. The van der Waals surface area contributed by atoms with E-state index in [9.17, 15) is 46.2 Å². The minimum Gasteiger partial charge on any atom is -0.542 e. The fourth-order valence-corrected chi connectivity index (χ4v) is 8.27. The third kappa shape index (κ3) is 36.3. The minimum absolute atomic E-state index is 0. The maximum atomic E-state index is 13.7. The number of halogens is 1. The Morgan fingerprint density at radius 2 is 1.41 bits per heavy atom. The van der Waals surface area contributed by atoms with Gasteiger partial charge in [0.05, 0.1) is 20.9 Å². The molecule has 0 spiro atoms. The fourth-order valence-electron chi connectivity index (χ4n) is 7.94. The number of nitrogens with zero attached hydrogens (tertiary/aromatic N) is 4. The van der Waals surface area contributed by atoms with Crippen LogP contribution in [0.2, 0.25) is 6.82 Å². The van der Waals surface area contributed by atoms with Crippen molar-refractivity contribution in [2.75, 3.05) is 78.5 Å². The van der Waals surface area contributed by atoms with Crippen molar-refractivity contribution in [1.82, 2.24) is 40.9 Å². The van der Waals surface area contributed by atoms with Crippen LogP contribution in [0.4, 0.5) is 3.89 Å². The molecule has 2 aromatic carbocycles. The zero-order chi connectivity index (χ0) is 58.0. The molecule has 21 nitrogen and oxygen atoms in total. The number of carboxylic acid groups (broad SMARTS) is 2. The summed E-state index contributed by atoms with van der Waals surface area (Å²) in [6, 6.07) is 10.6. The van der Waals surface area contributed by atoms with E-state index < -0.39 is 46.3 Å². The third-order valence-electron chi connectivity index (χ3n) is 11.8. The summed E-state index contributed by atoms with van der Waals surface area (Å²) in [7, 11) is -0.739. The summed E-state index contributed by atoms with van der Waals surface area (Å²) < 4.78 is 39.4. The molecular weight excluding hydrogens is 1260 g/mol. The van der Waals surface area contributed by atoms with Gasteiger partial charge in [-0.05, 0) is 113 Å². The van der Waals surface area contributed by atoms with Gasteiger partial charge in [0.25, 0.3) is 12.4 Å². The molecule has 2 aromatic rings. The van der Waals surface area contributed by atoms with Gasteiger partial charge >= 0.3 is 16.5 Å². The molecule has 3 rings (SSSR count). The number of aliphatic carboxylic acids is 1. The van der Waals surface area contributed by atoms with Gasteiger partial charge in [-0.25, -0.2) is 0 Å². The van der Waals surface area contributed by atoms with E-state index in [4.69, 9.17) is 14.7 Å². The van der Waals surface area contributed by atoms with E-state index in [2.05, 4.69) is 63.9 Å². The van der Waals surface area contributed by atoms with Crippen molar-refractivity contribution in [2.45, 2.75) is 137 Å². The molecule has 1 saturated heterocycles. The zero-order valence-electron chi connectivity index (χ0n) is 46.6. The van der Waals surface area contributed by atoms with Crippen LogP contribution in [0, 0.1) is 31.1 Å². The van der Waals surface area contributed by atoms with Crippen molar-refractivity contribution in [3.63, 3.8) is 0 Å². The van der Waals surface area contributed by atoms with E-state index in [0.29, 0.717) is 81.8 Å². The molecule has 0 saturated carbocycles. The molecule has 78 heavy (non-hydrogen) atoms. The summed E-state index contributed by atoms with van der Waals surface area (Å²) in [4.78, 5) is 103. The molecule has 1 heterocycles. The second kappa shape index (κ2) is 45.9. The van der Waals surface area contributed by atoms with Crippen molar-refractivity contribution in [3.05, 3.63) is 65.2 Å². The molecule has 2 radical (unpaired) electrons. The first-order valence-corrected chi connectivity index (χ1v) is 27.8. The Hall–Kier alpha value is -4.92. The number of rotatable bonds is 35. The Kier molecular flexibility index (Phi) is 44.2. The van der Waals surface area contributed by atoms with Crippen LogP contribution in [-0.4, -0.2) is 185 Å². The van der Waals surface area contributed by atoms with E-state index >= 15 is 0 Å². The average Bonchev–Trinajstić information content (AvgIpc) is 3.95. The smallest absolute Gasteiger partial charge is 0.488 e. The van der Waals surface area contributed by atoms with Crippen LogP contribution >= 0.6 is 0 Å². The summed E-state index contributed by atoms with van der Waals surface area (Å²) in [5.41, 5.74) is 1.43. The average molecular weight is 1340 g/mol. The summed E-state index contributed by atoms with van der Waals surface area (Å²) in [6.45, 7) is 17.7. The Bertz CT molecular complexity index is 2160. The first-order valence-electron chi connectivity index (χ1n) is 26.5. The fraction of sp³-hybridized carbons (Fsp3) is 0.623. The Labute approximate surface area is 487 Å². The maximum absolute atomic E-state index is 13.7. The quantitative estimate of drug-likeness (QED) is 0.0187. The molecule has 1 aliphatic heterocycles. The van der Waals surface area contributed by atoms with Crippen LogP contribution in [0.3, 0.4) is 0 Å². The molecule has 5 amide bonds. The first kappa shape index (κ1) is 75.1. The van der Waals surface area contributed by atoms with Gasteiger partial charge in [-0.15, -0.1) is 0 Å². The molecule has 2 atom stereocenters. The predicted molar refractivity (Wildman–Crippen MR) is 294 cm³/mol. The van der Waals surface area contributed by atoms with Gasteiger partial charge in [-0.2, -0.15) is 14.8 Å². The van der Waals surface area contributed by atoms with Crippen LogP contribution in [0.25, 0.3) is 0 Å². The summed E-state index contributed by atoms with van der Waals surface area (Å²) in [5, 5.41) is 27.9. The SMILES string of the molecule is CCCCCN(CCN(CCN(CC)CCC)CC(=O)O)CC(=O)NCCCCC(NC(=O)CCc1cccc(OS(=O)(=O)F)c1)C(=O)NCc1cccc(C(=O)NC(C)C(=O)N2CCCC2)c1.CC[C-]=O.O=CO.[B]C.[U]. The van der Waals surface area contributed by atoms with Crippen LogP contribution in [0.15, 0.2) is 48.5 Å². The molecule has 0 bridgehead atoms. The summed E-state index contributed by atoms with van der Waals surface area (Å²) >= 11 is 0. The number of nitrogens with one attached hydrogen (secondary N) is 4. The number of likely N-dealkylation sites (tertiary alicyclic amines) is 1. The van der Waals surface area contributed by atoms with Gasteiger partial charge in [0.1, 0.15) is 17.8 Å². The van der Waals surface area contributed by atoms with Gasteiger partial charge < -0.3 is 50.3 Å². The number of carbonyl (C=O) groups excluding carboxylic acids is 6. The molecule has 0 aliphatic carbocycles. The Morgan fingerprint density at radius 1 is 0.808 bits per heavy atom. The number of carbonyl (C=O) groups is 7. The number of unbranched alkanes of at least 4 members (excludes halogenated alkanes) is 3. The van der Waals surface area contributed by atoms with E-state index in [1.54, 1.807) is 55.4 Å². The van der Waals surface area contributed by atoms with Gasteiger partial charge in [0.2, 0.25) is 23.6 Å². The van der Waals surface area contributed by atoms with Crippen molar-refractivity contribution in [2.24, 2.45) is 0 Å². The monoisotopic (exact) mass is 1340 g/mol. The van der Waals surface area contributed by atoms with Crippen molar-refractivity contribution < 1.29 is 96.2 Å². The topological polar surface area (TPSA) is 281 Å². The molecular formula is C53H85BFN8O13SU-. The van der Waals surface area contributed by atoms with Crippen molar-refractivity contribution in [1.29, 1.82) is 0 Å². The minimum atomic E-state index is -5.24. The molecule has 1 aliphatic rings. The van der Waals surface area contributed by atoms with Crippen LogP contribution < -0.4 is 25.5 Å². The number of hydrogen-bond donors (Lipinski definition) is 6. The maximum Gasteiger partial charge on any atom is 0.488 e. The Balaban J connectivity index is 0. The van der Waals surface area contributed by atoms with Crippen molar-refractivity contribution in [3.8, 4) is 5.75 Å². The van der Waals surface area contributed by atoms with Crippen LogP contribution in [-0.2, 0) is 57.0 Å². The predicted octanol–water partition coefficient (Wildman–Crippen LogP) is 4.06. The summed E-state index contributed by atoms with van der Waals surface area (Å²) in [6.07, 6.45) is 9.24. The van der Waals surface area contributed by atoms with Gasteiger partial charge in [-0.1, -0.05) is 75.5 Å². The molecule has 1 fully saturated rings. The van der Waals surface area contributed by atoms with Gasteiger partial charge in [0.15, 0.2) is 0 Å². The van der Waals surface area contributed by atoms with Gasteiger partial charge in [-0.3, -0.25) is 49.6 Å². The molecule has 436 valence electrons. The molecule has 6 N–H and O–H groups in total. The van der Waals surface area contributed by atoms with E-state index in [0.717, 1.165) is 58.2 Å². The van der Waals surface area contributed by atoms with E-state index in [-0.39, 0.29) is 94.0 Å². The van der Waals surface area contributed by atoms with Crippen LogP contribution in [0.5, 0.6) is 5.75 Å². The zero-order valence-corrected chi connectivity index (χ0v) is 51.5. The van der Waals surface area contributed by atoms with E-state index in [1.165, 1.54) is 25.0 Å². The van der Waals surface area contributed by atoms with E-state index in [1.807, 2.05) is 4.90 Å². The first-order chi connectivity index (χ1) is 36.8. The Morgan fingerprint density at radius 3 is 1.99 bits per heavy atom. The third-order valence-corrected chi connectivity index (χ3v) is 12.2. The normalized spacial score (nSPS) is 12.4. The molecule has 0 aromatic heterocycles. The molecule has 25 heteroatoms. The number of carboxylic acids is 1. The number of hydrogen-bond acceptors (Lipinski definition) is 14.